The summed E-state index contributed by atoms with van der Waals surface area (Å²) in [5, 5.41) is 9.72. The van der Waals surface area contributed by atoms with Gasteiger partial charge in [0.1, 0.15) is 0 Å². The maximum absolute atomic E-state index is 9.72. The van der Waals surface area contributed by atoms with E-state index in [1.807, 2.05) is 32.0 Å². The standard InChI is InChI=1S/C16H22O3/c1-4-13(17)11-15-14(18-16(2,3)19-15)10-12-8-6-5-7-9-12/h4-9,13-15,17H,1,10-11H2,2-3H3/t13-,14-,15-/m1/s1. The summed E-state index contributed by atoms with van der Waals surface area (Å²) in [4.78, 5) is 0. The predicted octanol–water partition coefficient (Wildman–Crippen LogP) is 2.69. The molecule has 3 nitrogen and oxygen atoms in total. The molecule has 0 bridgehead atoms. The molecule has 3 atom stereocenters. The average molecular weight is 262 g/mol. The van der Waals surface area contributed by atoms with E-state index in [1.54, 1.807) is 0 Å². The number of aliphatic hydroxyl groups excluding tert-OH is 1. The zero-order valence-electron chi connectivity index (χ0n) is 11.6. The summed E-state index contributed by atoms with van der Waals surface area (Å²) in [6, 6.07) is 10.2. The molecule has 1 saturated heterocycles. The van der Waals surface area contributed by atoms with Gasteiger partial charge in [0.25, 0.3) is 0 Å². The Kier molecular flexibility index (Phi) is 4.40. The molecule has 0 aromatic heterocycles. The summed E-state index contributed by atoms with van der Waals surface area (Å²) >= 11 is 0. The highest BCUT2D eigenvalue weighted by Crippen LogP contribution is 2.32. The highest BCUT2D eigenvalue weighted by atomic mass is 16.7. The highest BCUT2D eigenvalue weighted by Gasteiger charge is 2.41. The summed E-state index contributed by atoms with van der Waals surface area (Å²) in [5.74, 6) is -0.592. The van der Waals surface area contributed by atoms with Crippen molar-refractivity contribution in [3.05, 3.63) is 48.6 Å². The van der Waals surface area contributed by atoms with Crippen LogP contribution in [0.25, 0.3) is 0 Å². The van der Waals surface area contributed by atoms with Gasteiger partial charge >= 0.3 is 0 Å². The van der Waals surface area contributed by atoms with Crippen LogP contribution in [0.15, 0.2) is 43.0 Å². The topological polar surface area (TPSA) is 38.7 Å². The first kappa shape index (κ1) is 14.3. The molecule has 104 valence electrons. The molecule has 1 aromatic rings. The zero-order valence-corrected chi connectivity index (χ0v) is 11.6. The van der Waals surface area contributed by atoms with Crippen molar-refractivity contribution in [1.29, 1.82) is 0 Å². The van der Waals surface area contributed by atoms with Crippen LogP contribution < -0.4 is 0 Å². The third kappa shape index (κ3) is 3.90. The minimum atomic E-state index is -0.592. The smallest absolute Gasteiger partial charge is 0.163 e. The summed E-state index contributed by atoms with van der Waals surface area (Å²) < 4.78 is 11.8. The van der Waals surface area contributed by atoms with Crippen LogP contribution in [0.4, 0.5) is 0 Å². The lowest BCUT2D eigenvalue weighted by Gasteiger charge is -2.18. The molecule has 3 heteroatoms. The fraction of sp³-hybridized carbons (Fsp3) is 0.500. The molecule has 19 heavy (non-hydrogen) atoms. The van der Waals surface area contributed by atoms with Gasteiger partial charge in [-0.3, -0.25) is 0 Å². The Morgan fingerprint density at radius 3 is 2.53 bits per heavy atom. The van der Waals surface area contributed by atoms with E-state index >= 15 is 0 Å². The van der Waals surface area contributed by atoms with Crippen molar-refractivity contribution in [2.24, 2.45) is 0 Å². The van der Waals surface area contributed by atoms with Gasteiger partial charge in [-0.1, -0.05) is 36.4 Å². The van der Waals surface area contributed by atoms with Gasteiger partial charge in [0.2, 0.25) is 0 Å². The molecule has 1 aliphatic heterocycles. The van der Waals surface area contributed by atoms with Gasteiger partial charge in [0.05, 0.1) is 18.3 Å². The van der Waals surface area contributed by atoms with Gasteiger partial charge in [0.15, 0.2) is 5.79 Å². The third-order valence-electron chi connectivity index (χ3n) is 3.31. The van der Waals surface area contributed by atoms with Crippen LogP contribution in [0.3, 0.4) is 0 Å². The van der Waals surface area contributed by atoms with E-state index < -0.39 is 11.9 Å². The van der Waals surface area contributed by atoms with Gasteiger partial charge < -0.3 is 14.6 Å². The Morgan fingerprint density at radius 1 is 1.26 bits per heavy atom. The van der Waals surface area contributed by atoms with Gasteiger partial charge in [-0.25, -0.2) is 0 Å². The maximum atomic E-state index is 9.72. The van der Waals surface area contributed by atoms with E-state index in [-0.39, 0.29) is 12.2 Å². The summed E-state index contributed by atoms with van der Waals surface area (Å²) in [5.41, 5.74) is 1.21. The molecule has 1 heterocycles. The van der Waals surface area contributed by atoms with Crippen LogP contribution >= 0.6 is 0 Å². The monoisotopic (exact) mass is 262 g/mol. The van der Waals surface area contributed by atoms with Crippen LogP contribution in [-0.2, 0) is 15.9 Å². The van der Waals surface area contributed by atoms with Gasteiger partial charge in [-0.05, 0) is 19.4 Å². The molecule has 2 rings (SSSR count). The van der Waals surface area contributed by atoms with E-state index in [0.29, 0.717) is 6.42 Å². The maximum Gasteiger partial charge on any atom is 0.163 e. The van der Waals surface area contributed by atoms with Crippen LogP contribution in [0.2, 0.25) is 0 Å². The first-order valence-corrected chi connectivity index (χ1v) is 6.70. The largest absolute Gasteiger partial charge is 0.389 e. The fourth-order valence-electron chi connectivity index (χ4n) is 2.46. The summed E-state index contributed by atoms with van der Waals surface area (Å²) in [6.07, 6.45) is 2.15. The van der Waals surface area contributed by atoms with E-state index in [4.69, 9.17) is 9.47 Å². The van der Waals surface area contributed by atoms with Crippen molar-refractivity contribution < 1.29 is 14.6 Å². The number of hydrogen-bond donors (Lipinski definition) is 1. The molecule has 1 aromatic carbocycles. The van der Waals surface area contributed by atoms with Crippen molar-refractivity contribution in [2.75, 3.05) is 0 Å². The molecule has 1 N–H and O–H groups in total. The number of hydrogen-bond acceptors (Lipinski definition) is 3. The quantitative estimate of drug-likeness (QED) is 0.829. The first-order chi connectivity index (χ1) is 9.00. The van der Waals surface area contributed by atoms with Crippen molar-refractivity contribution in [1.82, 2.24) is 0 Å². The van der Waals surface area contributed by atoms with Crippen LogP contribution in [0, 0.1) is 0 Å². The number of aliphatic hydroxyl groups is 1. The Labute approximate surface area is 114 Å². The molecule has 0 spiro atoms. The molecular weight excluding hydrogens is 240 g/mol. The second-order valence-corrected chi connectivity index (χ2v) is 5.44. The van der Waals surface area contributed by atoms with Gasteiger partial charge in [0, 0.05) is 12.8 Å². The molecule has 0 radical (unpaired) electrons. The van der Waals surface area contributed by atoms with Crippen LogP contribution in [0.5, 0.6) is 0 Å². The Hall–Kier alpha value is -1.16. The lowest BCUT2D eigenvalue weighted by molar-refractivity contribution is -0.147. The lowest BCUT2D eigenvalue weighted by Crippen LogP contribution is -2.28. The number of benzene rings is 1. The van der Waals surface area contributed by atoms with Gasteiger partial charge in [-0.2, -0.15) is 0 Å². The average Bonchev–Trinajstić information content (AvgIpc) is 2.64. The molecule has 0 saturated carbocycles. The molecule has 0 amide bonds. The SMILES string of the molecule is C=C[C@@H](O)C[C@H]1OC(C)(C)O[C@@H]1Cc1ccccc1. The molecule has 0 unspecified atom stereocenters. The number of rotatable bonds is 5. The van der Waals surface area contributed by atoms with Crippen molar-refractivity contribution in [3.8, 4) is 0 Å². The van der Waals surface area contributed by atoms with Crippen molar-refractivity contribution in [2.45, 2.75) is 50.8 Å². The minimum Gasteiger partial charge on any atom is -0.389 e. The van der Waals surface area contributed by atoms with E-state index in [2.05, 4.69) is 18.7 Å². The highest BCUT2D eigenvalue weighted by molar-refractivity contribution is 5.16. The summed E-state index contributed by atoms with van der Waals surface area (Å²) in [7, 11) is 0. The molecular formula is C16H22O3. The molecule has 0 aliphatic carbocycles. The normalized spacial score (nSPS) is 27.1. The predicted molar refractivity (Wildman–Crippen MR) is 74.8 cm³/mol. The van der Waals surface area contributed by atoms with E-state index in [0.717, 1.165) is 6.42 Å². The van der Waals surface area contributed by atoms with Gasteiger partial charge in [-0.15, -0.1) is 6.58 Å². The van der Waals surface area contributed by atoms with E-state index in [9.17, 15) is 5.11 Å². The Morgan fingerprint density at radius 2 is 1.89 bits per heavy atom. The number of ether oxygens (including phenoxy) is 2. The van der Waals surface area contributed by atoms with Crippen molar-refractivity contribution in [3.63, 3.8) is 0 Å². The van der Waals surface area contributed by atoms with Crippen LogP contribution in [0.1, 0.15) is 25.8 Å². The Bertz CT molecular complexity index is 413. The second kappa shape index (κ2) is 5.87. The van der Waals surface area contributed by atoms with Crippen LogP contribution in [-0.4, -0.2) is 29.2 Å². The van der Waals surface area contributed by atoms with Crippen molar-refractivity contribution >= 4 is 0 Å². The zero-order chi connectivity index (χ0) is 13.9. The minimum absolute atomic E-state index is 0.0352. The summed E-state index contributed by atoms with van der Waals surface area (Å²) in [6.45, 7) is 7.42. The lowest BCUT2D eigenvalue weighted by atomic mass is 10.00. The first-order valence-electron chi connectivity index (χ1n) is 6.70. The fourth-order valence-corrected chi connectivity index (χ4v) is 2.46. The molecule has 1 fully saturated rings. The second-order valence-electron chi connectivity index (χ2n) is 5.44. The Balaban J connectivity index is 2.05. The third-order valence-corrected chi connectivity index (χ3v) is 3.31. The molecule has 1 aliphatic rings. The van der Waals surface area contributed by atoms with E-state index in [1.165, 1.54) is 11.6 Å².